The van der Waals surface area contributed by atoms with Gasteiger partial charge in [-0.05, 0) is 17.7 Å². The van der Waals surface area contributed by atoms with Gasteiger partial charge in [-0.15, -0.1) is 0 Å². The van der Waals surface area contributed by atoms with Crippen LogP contribution in [0.3, 0.4) is 0 Å². The molecule has 0 spiro atoms. The SMILES string of the molecule is [B]c1cc[n+](Cc2ccc(C=C)cc2)cc1. The predicted octanol–water partition coefficient (Wildman–Crippen LogP) is 1.46. The number of hydrogen-bond donors (Lipinski definition) is 0. The molecule has 1 aromatic carbocycles. The van der Waals surface area contributed by atoms with Crippen LogP contribution in [0.4, 0.5) is 0 Å². The fourth-order valence-electron chi connectivity index (χ4n) is 1.54. The van der Waals surface area contributed by atoms with Crippen LogP contribution in [0.25, 0.3) is 6.08 Å². The summed E-state index contributed by atoms with van der Waals surface area (Å²) in [4.78, 5) is 0. The third-order valence-corrected chi connectivity index (χ3v) is 2.50. The van der Waals surface area contributed by atoms with Gasteiger partial charge in [0.2, 0.25) is 0 Å². The van der Waals surface area contributed by atoms with Gasteiger partial charge >= 0.3 is 0 Å². The first kappa shape index (κ1) is 10.7. The van der Waals surface area contributed by atoms with Crippen molar-refractivity contribution in [3.63, 3.8) is 0 Å². The zero-order chi connectivity index (χ0) is 11.4. The molecular formula is C14H13BN+. The molecule has 0 amide bonds. The van der Waals surface area contributed by atoms with Crippen LogP contribution in [0.1, 0.15) is 11.1 Å². The number of aromatic nitrogens is 1. The molecule has 0 bridgehead atoms. The number of hydrogen-bond acceptors (Lipinski definition) is 0. The Morgan fingerprint density at radius 2 is 1.69 bits per heavy atom. The van der Waals surface area contributed by atoms with Gasteiger partial charge in [0.05, 0.1) is 0 Å². The number of benzene rings is 1. The second kappa shape index (κ2) is 4.80. The Hall–Kier alpha value is -1.83. The second-order valence-electron chi connectivity index (χ2n) is 3.75. The van der Waals surface area contributed by atoms with Gasteiger partial charge in [-0.1, -0.05) is 42.4 Å². The van der Waals surface area contributed by atoms with E-state index in [9.17, 15) is 0 Å². The smallest absolute Gasteiger partial charge is 0.173 e. The summed E-state index contributed by atoms with van der Waals surface area (Å²) < 4.78 is 2.10. The molecule has 0 unspecified atom stereocenters. The maximum atomic E-state index is 5.63. The Morgan fingerprint density at radius 1 is 1.06 bits per heavy atom. The van der Waals surface area contributed by atoms with E-state index in [-0.39, 0.29) is 0 Å². The van der Waals surface area contributed by atoms with Crippen molar-refractivity contribution >= 4 is 19.4 Å². The highest BCUT2D eigenvalue weighted by Crippen LogP contribution is 2.04. The maximum absolute atomic E-state index is 5.63. The summed E-state index contributed by atoms with van der Waals surface area (Å²) in [6.07, 6.45) is 5.81. The van der Waals surface area contributed by atoms with Crippen molar-refractivity contribution in [2.45, 2.75) is 6.54 Å². The monoisotopic (exact) mass is 206 g/mol. The van der Waals surface area contributed by atoms with Gasteiger partial charge in [0.15, 0.2) is 18.9 Å². The molecule has 1 aromatic heterocycles. The molecule has 2 aromatic rings. The van der Waals surface area contributed by atoms with Gasteiger partial charge in [0, 0.05) is 5.56 Å². The number of rotatable bonds is 3. The fraction of sp³-hybridized carbons (Fsp3) is 0.0714. The third kappa shape index (κ3) is 2.60. The Labute approximate surface area is 97.5 Å². The first-order chi connectivity index (χ1) is 7.78. The maximum Gasteiger partial charge on any atom is 0.173 e. The molecule has 2 rings (SSSR count). The Bertz CT molecular complexity index is 471. The summed E-state index contributed by atoms with van der Waals surface area (Å²) in [5.74, 6) is 0. The molecule has 0 saturated carbocycles. The van der Waals surface area contributed by atoms with E-state index in [0.717, 1.165) is 17.6 Å². The molecule has 1 nitrogen and oxygen atoms in total. The normalized spacial score (nSPS) is 10.0. The lowest BCUT2D eigenvalue weighted by atomic mass is 9.98. The summed E-state index contributed by atoms with van der Waals surface area (Å²) in [5, 5.41) is 0. The highest BCUT2D eigenvalue weighted by atomic mass is 14.9. The first-order valence-electron chi connectivity index (χ1n) is 5.24. The third-order valence-electron chi connectivity index (χ3n) is 2.50. The van der Waals surface area contributed by atoms with Crippen molar-refractivity contribution in [1.82, 2.24) is 0 Å². The van der Waals surface area contributed by atoms with Gasteiger partial charge in [0.25, 0.3) is 0 Å². The average Bonchev–Trinajstić information content (AvgIpc) is 2.33. The molecule has 0 aliphatic rings. The summed E-state index contributed by atoms with van der Waals surface area (Å²) in [7, 11) is 5.63. The summed E-state index contributed by atoms with van der Waals surface area (Å²) >= 11 is 0. The van der Waals surface area contributed by atoms with Gasteiger partial charge < -0.3 is 0 Å². The van der Waals surface area contributed by atoms with E-state index in [1.807, 2.05) is 30.6 Å². The Balaban J connectivity index is 2.14. The average molecular weight is 206 g/mol. The lowest BCUT2D eigenvalue weighted by molar-refractivity contribution is -0.688. The summed E-state index contributed by atoms with van der Waals surface area (Å²) in [6, 6.07) is 12.2. The van der Waals surface area contributed by atoms with Crippen LogP contribution >= 0.6 is 0 Å². The lowest BCUT2D eigenvalue weighted by Gasteiger charge is -1.99. The summed E-state index contributed by atoms with van der Waals surface area (Å²) in [5.41, 5.74) is 3.20. The fourth-order valence-corrected chi connectivity index (χ4v) is 1.54. The van der Waals surface area contributed by atoms with Gasteiger partial charge in [-0.2, -0.15) is 0 Å². The quantitative estimate of drug-likeness (QED) is 0.528. The van der Waals surface area contributed by atoms with Crippen molar-refractivity contribution < 1.29 is 4.57 Å². The van der Waals surface area contributed by atoms with E-state index in [4.69, 9.17) is 7.85 Å². The molecule has 76 valence electrons. The van der Waals surface area contributed by atoms with Crippen LogP contribution in [-0.2, 0) is 6.54 Å². The molecular weight excluding hydrogens is 193 g/mol. The van der Waals surface area contributed by atoms with Crippen LogP contribution in [0.2, 0.25) is 0 Å². The van der Waals surface area contributed by atoms with E-state index >= 15 is 0 Å². The minimum absolute atomic E-state index is 0.790. The molecule has 0 N–H and O–H groups in total. The van der Waals surface area contributed by atoms with Crippen molar-refractivity contribution in [1.29, 1.82) is 0 Å². The van der Waals surface area contributed by atoms with Crippen molar-refractivity contribution in [3.05, 3.63) is 66.5 Å². The molecule has 2 radical (unpaired) electrons. The van der Waals surface area contributed by atoms with Crippen molar-refractivity contribution in [2.24, 2.45) is 0 Å². The van der Waals surface area contributed by atoms with E-state index in [1.165, 1.54) is 5.56 Å². The van der Waals surface area contributed by atoms with E-state index in [2.05, 4.69) is 35.4 Å². The van der Waals surface area contributed by atoms with E-state index in [0.29, 0.717) is 0 Å². The Morgan fingerprint density at radius 3 is 2.25 bits per heavy atom. The zero-order valence-electron chi connectivity index (χ0n) is 9.13. The number of pyridine rings is 1. The molecule has 0 fully saturated rings. The molecule has 0 saturated heterocycles. The molecule has 1 heterocycles. The van der Waals surface area contributed by atoms with Gasteiger partial charge in [0.1, 0.15) is 7.85 Å². The van der Waals surface area contributed by atoms with Gasteiger partial charge in [-0.3, -0.25) is 0 Å². The molecule has 16 heavy (non-hydrogen) atoms. The van der Waals surface area contributed by atoms with Crippen LogP contribution in [-0.4, -0.2) is 7.85 Å². The minimum Gasteiger partial charge on any atom is -0.201 e. The topological polar surface area (TPSA) is 3.88 Å². The van der Waals surface area contributed by atoms with Crippen LogP contribution in [0, 0.1) is 0 Å². The van der Waals surface area contributed by atoms with Crippen LogP contribution < -0.4 is 10.0 Å². The molecule has 0 atom stereocenters. The molecule has 0 aliphatic carbocycles. The standard InChI is InChI=1S/C14H13BN/c1-2-12-3-5-13(6-4-12)11-16-9-7-14(15)8-10-16/h2-10H,1,11H2/q+1. The first-order valence-corrected chi connectivity index (χ1v) is 5.24. The van der Waals surface area contributed by atoms with Crippen LogP contribution in [0.5, 0.6) is 0 Å². The molecule has 0 aliphatic heterocycles. The molecule has 2 heteroatoms. The highest BCUT2D eigenvalue weighted by molar-refractivity contribution is 6.32. The minimum atomic E-state index is 0.790. The Kier molecular flexibility index (Phi) is 3.20. The van der Waals surface area contributed by atoms with Gasteiger partial charge in [-0.25, -0.2) is 4.57 Å². The van der Waals surface area contributed by atoms with E-state index in [1.54, 1.807) is 0 Å². The van der Waals surface area contributed by atoms with Crippen LogP contribution in [0.15, 0.2) is 55.4 Å². The second-order valence-corrected chi connectivity index (χ2v) is 3.75. The highest BCUT2D eigenvalue weighted by Gasteiger charge is 2.01. The summed E-state index contributed by atoms with van der Waals surface area (Å²) in [6.45, 7) is 4.59. The largest absolute Gasteiger partial charge is 0.201 e. The lowest BCUT2D eigenvalue weighted by Crippen LogP contribution is -2.34. The zero-order valence-corrected chi connectivity index (χ0v) is 9.13. The van der Waals surface area contributed by atoms with E-state index < -0.39 is 0 Å². The van der Waals surface area contributed by atoms with Crippen molar-refractivity contribution in [3.8, 4) is 0 Å². The number of nitrogens with zero attached hydrogens (tertiary/aromatic N) is 1. The predicted molar refractivity (Wildman–Crippen MR) is 67.7 cm³/mol. The van der Waals surface area contributed by atoms with Crippen molar-refractivity contribution in [2.75, 3.05) is 0 Å².